The van der Waals surface area contributed by atoms with Gasteiger partial charge in [-0.05, 0) is 29.3 Å². The SMILES string of the molecule is Cc1ccc([N+](=O)[O-])cc1NC(=O)CSc1nnc(-c2cccc3ccccc23)o1. The van der Waals surface area contributed by atoms with Crippen LogP contribution in [0.15, 0.2) is 70.3 Å². The number of amides is 1. The Morgan fingerprint density at radius 2 is 1.93 bits per heavy atom. The van der Waals surface area contributed by atoms with E-state index in [2.05, 4.69) is 15.5 Å². The maximum absolute atomic E-state index is 12.3. The van der Waals surface area contributed by atoms with Gasteiger partial charge in [0.1, 0.15) is 0 Å². The first-order valence-electron chi connectivity index (χ1n) is 9.00. The summed E-state index contributed by atoms with van der Waals surface area (Å²) in [6.07, 6.45) is 0. The van der Waals surface area contributed by atoms with Crippen LogP contribution in [0.4, 0.5) is 11.4 Å². The number of carbonyl (C=O) groups is 1. The van der Waals surface area contributed by atoms with Crippen LogP contribution in [0.1, 0.15) is 5.56 Å². The lowest BCUT2D eigenvalue weighted by atomic mass is 10.0. The fourth-order valence-electron chi connectivity index (χ4n) is 2.96. The number of thioether (sulfide) groups is 1. The van der Waals surface area contributed by atoms with Crippen LogP contribution < -0.4 is 5.32 Å². The van der Waals surface area contributed by atoms with E-state index in [0.717, 1.165) is 33.7 Å². The lowest BCUT2D eigenvalue weighted by Gasteiger charge is -2.07. The molecule has 8 nitrogen and oxygen atoms in total. The van der Waals surface area contributed by atoms with Crippen LogP contribution in [0.3, 0.4) is 0 Å². The number of aromatic nitrogens is 2. The fraction of sp³-hybridized carbons (Fsp3) is 0.0952. The minimum absolute atomic E-state index is 0.0271. The predicted octanol–water partition coefficient (Wildman–Crippen LogP) is 4.84. The molecule has 0 saturated heterocycles. The summed E-state index contributed by atoms with van der Waals surface area (Å²) < 4.78 is 5.72. The third kappa shape index (κ3) is 4.15. The molecule has 1 heterocycles. The van der Waals surface area contributed by atoms with Gasteiger partial charge in [0, 0.05) is 17.7 Å². The summed E-state index contributed by atoms with van der Waals surface area (Å²) in [5.74, 6) is 0.0806. The zero-order valence-corrected chi connectivity index (χ0v) is 16.7. The topological polar surface area (TPSA) is 111 Å². The van der Waals surface area contributed by atoms with Crippen LogP contribution >= 0.6 is 11.8 Å². The Labute approximate surface area is 175 Å². The highest BCUT2D eigenvalue weighted by Crippen LogP contribution is 2.29. The molecule has 0 aliphatic carbocycles. The number of nitro groups is 1. The van der Waals surface area contributed by atoms with E-state index in [9.17, 15) is 14.9 Å². The van der Waals surface area contributed by atoms with Gasteiger partial charge in [-0.15, -0.1) is 10.2 Å². The van der Waals surface area contributed by atoms with Crippen molar-refractivity contribution < 1.29 is 14.1 Å². The Hall–Kier alpha value is -3.72. The van der Waals surface area contributed by atoms with Crippen LogP contribution in [0.2, 0.25) is 0 Å². The van der Waals surface area contributed by atoms with Gasteiger partial charge in [0.05, 0.1) is 16.4 Å². The quantitative estimate of drug-likeness (QED) is 0.270. The van der Waals surface area contributed by atoms with E-state index in [4.69, 9.17) is 4.42 Å². The van der Waals surface area contributed by atoms with Gasteiger partial charge in [0.15, 0.2) is 0 Å². The minimum Gasteiger partial charge on any atom is -0.411 e. The highest BCUT2D eigenvalue weighted by molar-refractivity contribution is 7.99. The Balaban J connectivity index is 1.44. The number of nitro benzene ring substituents is 1. The molecule has 1 aromatic heterocycles. The number of benzene rings is 3. The van der Waals surface area contributed by atoms with Crippen molar-refractivity contribution in [1.82, 2.24) is 10.2 Å². The van der Waals surface area contributed by atoms with Crippen molar-refractivity contribution >= 4 is 39.8 Å². The molecule has 3 aromatic carbocycles. The minimum atomic E-state index is -0.503. The standard InChI is InChI=1S/C21H16N4O4S/c1-13-9-10-15(25(27)28)11-18(13)22-19(26)12-30-21-24-23-20(29-21)17-8-4-6-14-5-2-3-7-16(14)17/h2-11H,12H2,1H3,(H,22,26). The molecule has 0 unspecified atom stereocenters. The average Bonchev–Trinajstić information content (AvgIpc) is 3.22. The number of nitrogens with one attached hydrogen (secondary N) is 1. The smallest absolute Gasteiger partial charge is 0.277 e. The third-order valence-electron chi connectivity index (χ3n) is 4.46. The Bertz CT molecular complexity index is 1250. The number of carbonyl (C=O) groups excluding carboxylic acids is 1. The summed E-state index contributed by atoms with van der Waals surface area (Å²) in [5.41, 5.74) is 1.87. The molecule has 0 atom stereocenters. The molecule has 1 amide bonds. The van der Waals surface area contributed by atoms with Crippen molar-refractivity contribution in [3.8, 4) is 11.5 Å². The summed E-state index contributed by atoms with van der Waals surface area (Å²) in [6, 6.07) is 18.0. The second-order valence-electron chi connectivity index (χ2n) is 6.49. The molecular weight excluding hydrogens is 404 g/mol. The highest BCUT2D eigenvalue weighted by Gasteiger charge is 2.15. The molecule has 0 radical (unpaired) electrons. The summed E-state index contributed by atoms with van der Waals surface area (Å²) >= 11 is 1.10. The molecule has 0 aliphatic heterocycles. The van der Waals surface area contributed by atoms with E-state index >= 15 is 0 Å². The van der Waals surface area contributed by atoms with Gasteiger partial charge < -0.3 is 9.73 Å². The van der Waals surface area contributed by atoms with Crippen molar-refractivity contribution in [2.75, 3.05) is 11.1 Å². The van der Waals surface area contributed by atoms with Crippen molar-refractivity contribution in [2.45, 2.75) is 12.1 Å². The number of hydrogen-bond donors (Lipinski definition) is 1. The number of fused-ring (bicyclic) bond motifs is 1. The Kier molecular flexibility index (Phi) is 5.44. The predicted molar refractivity (Wildman–Crippen MR) is 114 cm³/mol. The van der Waals surface area contributed by atoms with Crippen molar-refractivity contribution in [3.05, 3.63) is 76.3 Å². The lowest BCUT2D eigenvalue weighted by molar-refractivity contribution is -0.384. The van der Waals surface area contributed by atoms with Gasteiger partial charge in [-0.3, -0.25) is 14.9 Å². The maximum Gasteiger partial charge on any atom is 0.277 e. The van der Waals surface area contributed by atoms with E-state index in [-0.39, 0.29) is 22.6 Å². The van der Waals surface area contributed by atoms with E-state index < -0.39 is 4.92 Å². The van der Waals surface area contributed by atoms with Crippen LogP contribution in [0.5, 0.6) is 0 Å². The van der Waals surface area contributed by atoms with Crippen LogP contribution in [0.25, 0.3) is 22.2 Å². The van der Waals surface area contributed by atoms with Gasteiger partial charge in [-0.1, -0.05) is 54.2 Å². The van der Waals surface area contributed by atoms with Crippen molar-refractivity contribution in [3.63, 3.8) is 0 Å². The van der Waals surface area contributed by atoms with Crippen molar-refractivity contribution in [1.29, 1.82) is 0 Å². The number of aryl methyl sites for hydroxylation is 1. The van der Waals surface area contributed by atoms with E-state index in [1.807, 2.05) is 42.5 Å². The second-order valence-corrected chi connectivity index (χ2v) is 7.42. The summed E-state index contributed by atoms with van der Waals surface area (Å²) in [6.45, 7) is 1.76. The van der Waals surface area contributed by atoms with Gasteiger partial charge >= 0.3 is 0 Å². The average molecular weight is 420 g/mol. The largest absolute Gasteiger partial charge is 0.411 e. The first-order chi connectivity index (χ1) is 14.5. The summed E-state index contributed by atoms with van der Waals surface area (Å²) in [4.78, 5) is 22.7. The first kappa shape index (κ1) is 19.6. The zero-order chi connectivity index (χ0) is 21.1. The zero-order valence-electron chi connectivity index (χ0n) is 15.9. The summed E-state index contributed by atoms with van der Waals surface area (Å²) in [5, 5.41) is 24.0. The lowest BCUT2D eigenvalue weighted by Crippen LogP contribution is -2.15. The van der Waals surface area contributed by atoms with Gasteiger partial charge in [0.2, 0.25) is 11.8 Å². The molecule has 0 bridgehead atoms. The number of rotatable bonds is 6. The van der Waals surface area contributed by atoms with E-state index in [1.54, 1.807) is 13.0 Å². The normalized spacial score (nSPS) is 10.8. The highest BCUT2D eigenvalue weighted by atomic mass is 32.2. The molecule has 9 heteroatoms. The maximum atomic E-state index is 12.3. The molecule has 0 aliphatic rings. The molecule has 0 saturated carbocycles. The fourth-order valence-corrected chi connectivity index (χ4v) is 3.52. The van der Waals surface area contributed by atoms with Crippen LogP contribution in [-0.2, 0) is 4.79 Å². The van der Waals surface area contributed by atoms with E-state index in [0.29, 0.717) is 11.6 Å². The molecule has 30 heavy (non-hydrogen) atoms. The number of anilines is 1. The van der Waals surface area contributed by atoms with Gasteiger partial charge in [-0.2, -0.15) is 0 Å². The van der Waals surface area contributed by atoms with Gasteiger partial charge in [0.25, 0.3) is 10.9 Å². The monoisotopic (exact) mass is 420 g/mol. The first-order valence-corrected chi connectivity index (χ1v) is 9.99. The molecule has 4 aromatic rings. The molecule has 4 rings (SSSR count). The molecular formula is C21H16N4O4S. The molecule has 1 N–H and O–H groups in total. The molecule has 0 spiro atoms. The summed E-state index contributed by atoms with van der Waals surface area (Å²) in [7, 11) is 0. The van der Waals surface area contributed by atoms with Crippen LogP contribution in [0, 0.1) is 17.0 Å². The Morgan fingerprint density at radius 1 is 1.13 bits per heavy atom. The molecule has 150 valence electrons. The molecule has 0 fully saturated rings. The number of non-ortho nitro benzene ring substituents is 1. The number of hydrogen-bond acceptors (Lipinski definition) is 7. The Morgan fingerprint density at radius 3 is 2.77 bits per heavy atom. The van der Waals surface area contributed by atoms with Crippen LogP contribution in [-0.4, -0.2) is 26.8 Å². The third-order valence-corrected chi connectivity index (χ3v) is 5.28. The second kappa shape index (κ2) is 8.34. The van der Waals surface area contributed by atoms with Crippen molar-refractivity contribution in [2.24, 2.45) is 0 Å². The van der Waals surface area contributed by atoms with Gasteiger partial charge in [-0.25, -0.2) is 0 Å². The van der Waals surface area contributed by atoms with E-state index in [1.165, 1.54) is 12.1 Å². The number of nitrogens with zero attached hydrogens (tertiary/aromatic N) is 3.